The van der Waals surface area contributed by atoms with E-state index >= 15 is 0 Å². The second-order valence-corrected chi connectivity index (χ2v) is 9.41. The minimum Gasteiger partial charge on any atom is -0.373 e. The fourth-order valence-electron chi connectivity index (χ4n) is 4.29. The van der Waals surface area contributed by atoms with Crippen LogP contribution in [0.3, 0.4) is 0 Å². The Bertz CT molecular complexity index is 1190. The number of anilines is 1. The van der Waals surface area contributed by atoms with Crippen LogP contribution in [0, 0.1) is 11.3 Å². The lowest BCUT2D eigenvalue weighted by Crippen LogP contribution is -2.45. The number of nitrogens with zero attached hydrogens (tertiary/aromatic N) is 6. The molecule has 8 heteroatoms. The molecular formula is C27H33N7O. The zero-order valence-electron chi connectivity index (χ0n) is 20.7. The highest BCUT2D eigenvalue weighted by atomic mass is 16.2. The predicted octanol–water partition coefficient (Wildman–Crippen LogP) is 2.97. The number of piperidine rings is 1. The lowest BCUT2D eigenvalue weighted by atomic mass is 10.1. The van der Waals surface area contributed by atoms with Gasteiger partial charge in [-0.1, -0.05) is 12.1 Å². The van der Waals surface area contributed by atoms with Crippen LogP contribution < -0.4 is 10.6 Å². The Kier molecular flexibility index (Phi) is 7.49. The zero-order valence-corrected chi connectivity index (χ0v) is 20.7. The standard InChI is InChI=1S/C27H33N7O/c1-31(2)15-16-32(3)23-10-12-24(13-11-23)34-26(21-8-6-20(18-28)7-9-21)17-25(30-34)27(35)33-14-4-5-22(29)19-33/h6-13,17,22H,4-5,14-16,19,29H2,1-3H3. The summed E-state index contributed by atoms with van der Waals surface area (Å²) < 4.78 is 1.81. The van der Waals surface area contributed by atoms with E-state index in [2.05, 4.69) is 49.1 Å². The molecule has 1 aliphatic heterocycles. The van der Waals surface area contributed by atoms with Gasteiger partial charge in [0.1, 0.15) is 0 Å². The number of benzene rings is 2. The predicted molar refractivity (Wildman–Crippen MR) is 139 cm³/mol. The van der Waals surface area contributed by atoms with Crippen molar-refractivity contribution < 1.29 is 4.79 Å². The van der Waals surface area contributed by atoms with Crippen molar-refractivity contribution in [2.24, 2.45) is 5.73 Å². The van der Waals surface area contributed by atoms with Gasteiger partial charge in [-0.25, -0.2) is 4.68 Å². The van der Waals surface area contributed by atoms with E-state index in [1.165, 1.54) is 0 Å². The number of rotatable bonds is 7. The average Bonchev–Trinajstić information content (AvgIpc) is 3.32. The van der Waals surface area contributed by atoms with Crippen molar-refractivity contribution in [3.8, 4) is 23.0 Å². The quantitative estimate of drug-likeness (QED) is 0.569. The molecule has 182 valence electrons. The van der Waals surface area contributed by atoms with Crippen LogP contribution in [0.5, 0.6) is 0 Å². The lowest BCUT2D eigenvalue weighted by Gasteiger charge is -2.30. The van der Waals surface area contributed by atoms with Gasteiger partial charge in [0.05, 0.1) is 23.0 Å². The Hall–Kier alpha value is -3.67. The van der Waals surface area contributed by atoms with Crippen LogP contribution in [-0.2, 0) is 0 Å². The summed E-state index contributed by atoms with van der Waals surface area (Å²) in [7, 11) is 6.21. The van der Waals surface area contributed by atoms with Crippen molar-refractivity contribution in [1.29, 1.82) is 5.26 Å². The topological polar surface area (TPSA) is 94.4 Å². The summed E-state index contributed by atoms with van der Waals surface area (Å²) in [5, 5.41) is 13.9. The number of amides is 1. The Morgan fingerprint density at radius 1 is 1.11 bits per heavy atom. The fraction of sp³-hybridized carbons (Fsp3) is 0.370. The third kappa shape index (κ3) is 5.70. The van der Waals surface area contributed by atoms with E-state index in [1.807, 2.05) is 35.0 Å². The van der Waals surface area contributed by atoms with E-state index in [9.17, 15) is 10.1 Å². The summed E-state index contributed by atoms with van der Waals surface area (Å²) in [6, 6.07) is 19.5. The van der Waals surface area contributed by atoms with Crippen LogP contribution >= 0.6 is 0 Å². The van der Waals surface area contributed by atoms with Gasteiger partial charge in [0.2, 0.25) is 0 Å². The minimum atomic E-state index is -0.103. The fourth-order valence-corrected chi connectivity index (χ4v) is 4.29. The maximum atomic E-state index is 13.3. The molecule has 2 N–H and O–H groups in total. The number of carbonyl (C=O) groups excluding carboxylic acids is 1. The minimum absolute atomic E-state index is 0.00446. The highest BCUT2D eigenvalue weighted by Crippen LogP contribution is 2.27. The molecule has 1 fully saturated rings. The number of likely N-dealkylation sites (tertiary alicyclic amines) is 1. The van der Waals surface area contributed by atoms with Crippen molar-refractivity contribution in [2.45, 2.75) is 18.9 Å². The smallest absolute Gasteiger partial charge is 0.274 e. The molecule has 0 spiro atoms. The normalized spacial score (nSPS) is 15.8. The molecule has 35 heavy (non-hydrogen) atoms. The molecule has 1 unspecified atom stereocenters. The van der Waals surface area contributed by atoms with E-state index in [-0.39, 0.29) is 11.9 Å². The number of hydrogen-bond donors (Lipinski definition) is 1. The zero-order chi connectivity index (χ0) is 24.9. The SMILES string of the molecule is CN(C)CCN(C)c1ccc(-n2nc(C(=O)N3CCCC(N)C3)cc2-c2ccc(C#N)cc2)cc1. The van der Waals surface area contributed by atoms with Gasteiger partial charge in [0, 0.05) is 50.5 Å². The number of nitriles is 1. The Balaban J connectivity index is 1.67. The third-order valence-electron chi connectivity index (χ3n) is 6.40. The number of nitrogens with two attached hydrogens (primary N) is 1. The average molecular weight is 472 g/mol. The molecule has 1 atom stereocenters. The lowest BCUT2D eigenvalue weighted by molar-refractivity contribution is 0.0702. The highest BCUT2D eigenvalue weighted by molar-refractivity contribution is 5.93. The molecule has 1 aromatic heterocycles. The summed E-state index contributed by atoms with van der Waals surface area (Å²) in [5.74, 6) is -0.103. The van der Waals surface area contributed by atoms with Crippen LogP contribution in [0.25, 0.3) is 16.9 Å². The van der Waals surface area contributed by atoms with Gasteiger partial charge >= 0.3 is 0 Å². The number of likely N-dealkylation sites (N-methyl/N-ethyl adjacent to an activating group) is 2. The van der Waals surface area contributed by atoms with Crippen molar-refractivity contribution in [3.05, 3.63) is 65.9 Å². The first-order chi connectivity index (χ1) is 16.9. The van der Waals surface area contributed by atoms with Gasteiger partial charge in [0.25, 0.3) is 5.91 Å². The van der Waals surface area contributed by atoms with Gasteiger partial charge in [-0.05, 0) is 69.4 Å². The molecule has 1 saturated heterocycles. The van der Waals surface area contributed by atoms with Gasteiger partial charge in [-0.3, -0.25) is 4.79 Å². The molecule has 0 saturated carbocycles. The first-order valence-electron chi connectivity index (χ1n) is 12.0. The number of aromatic nitrogens is 2. The van der Waals surface area contributed by atoms with Crippen molar-refractivity contribution in [2.75, 3.05) is 52.2 Å². The largest absolute Gasteiger partial charge is 0.373 e. The first kappa shape index (κ1) is 24.5. The molecule has 0 bridgehead atoms. The molecule has 8 nitrogen and oxygen atoms in total. The molecule has 3 aromatic rings. The number of hydrogen-bond acceptors (Lipinski definition) is 6. The molecule has 2 heterocycles. The molecule has 1 aliphatic rings. The van der Waals surface area contributed by atoms with Crippen molar-refractivity contribution >= 4 is 11.6 Å². The Morgan fingerprint density at radius 3 is 2.46 bits per heavy atom. The first-order valence-corrected chi connectivity index (χ1v) is 12.0. The monoisotopic (exact) mass is 471 g/mol. The third-order valence-corrected chi connectivity index (χ3v) is 6.40. The summed E-state index contributed by atoms with van der Waals surface area (Å²) >= 11 is 0. The summed E-state index contributed by atoms with van der Waals surface area (Å²) in [4.78, 5) is 19.5. The van der Waals surface area contributed by atoms with Gasteiger partial charge in [0.15, 0.2) is 5.69 Å². The van der Waals surface area contributed by atoms with Gasteiger partial charge in [-0.2, -0.15) is 10.4 Å². The van der Waals surface area contributed by atoms with Crippen LogP contribution in [-0.4, -0.2) is 78.9 Å². The van der Waals surface area contributed by atoms with Crippen LogP contribution in [0.1, 0.15) is 28.9 Å². The molecule has 0 aliphatic carbocycles. The molecular weight excluding hydrogens is 438 g/mol. The van der Waals surface area contributed by atoms with Crippen LogP contribution in [0.2, 0.25) is 0 Å². The van der Waals surface area contributed by atoms with Crippen LogP contribution in [0.4, 0.5) is 5.69 Å². The maximum absolute atomic E-state index is 13.3. The Morgan fingerprint density at radius 2 is 1.83 bits per heavy atom. The van der Waals surface area contributed by atoms with Crippen molar-refractivity contribution in [1.82, 2.24) is 19.6 Å². The Labute approximate surface area is 207 Å². The molecule has 4 rings (SSSR count). The summed E-state index contributed by atoms with van der Waals surface area (Å²) in [6.45, 7) is 3.12. The van der Waals surface area contributed by atoms with E-state index in [4.69, 9.17) is 10.8 Å². The summed E-state index contributed by atoms with van der Waals surface area (Å²) in [6.07, 6.45) is 1.84. The highest BCUT2D eigenvalue weighted by Gasteiger charge is 2.25. The summed E-state index contributed by atoms with van der Waals surface area (Å²) in [5.41, 5.74) is 10.8. The van der Waals surface area contributed by atoms with Crippen molar-refractivity contribution in [3.63, 3.8) is 0 Å². The maximum Gasteiger partial charge on any atom is 0.274 e. The van der Waals surface area contributed by atoms with E-state index in [1.54, 1.807) is 17.0 Å². The molecule has 1 amide bonds. The van der Waals surface area contributed by atoms with Gasteiger partial charge < -0.3 is 20.4 Å². The van der Waals surface area contributed by atoms with Crippen LogP contribution in [0.15, 0.2) is 54.6 Å². The van der Waals surface area contributed by atoms with Gasteiger partial charge in [-0.15, -0.1) is 0 Å². The second kappa shape index (κ2) is 10.7. The van der Waals surface area contributed by atoms with E-state index in [0.717, 1.165) is 48.6 Å². The molecule has 0 radical (unpaired) electrons. The molecule has 2 aromatic carbocycles. The second-order valence-electron chi connectivity index (χ2n) is 9.41. The number of carbonyl (C=O) groups is 1. The van der Waals surface area contributed by atoms with E-state index < -0.39 is 0 Å². The van der Waals surface area contributed by atoms with E-state index in [0.29, 0.717) is 24.3 Å².